The molecule has 84 valence electrons. The van der Waals surface area contributed by atoms with Crippen LogP contribution in [0.5, 0.6) is 0 Å². The number of nitrogens with two attached hydrogens (primary N) is 1. The predicted octanol–water partition coefficient (Wildman–Crippen LogP) is 1.56. The Hall–Kier alpha value is -0.120. The lowest BCUT2D eigenvalue weighted by Gasteiger charge is -2.47. The SMILES string of the molecule is COCC1(C(C)(C)CN)CCCCO1. The van der Waals surface area contributed by atoms with E-state index in [1.165, 1.54) is 6.42 Å². The van der Waals surface area contributed by atoms with E-state index in [-0.39, 0.29) is 11.0 Å². The van der Waals surface area contributed by atoms with Gasteiger partial charge in [0.25, 0.3) is 0 Å². The molecule has 0 saturated carbocycles. The van der Waals surface area contributed by atoms with E-state index in [9.17, 15) is 0 Å². The van der Waals surface area contributed by atoms with Gasteiger partial charge in [-0.2, -0.15) is 0 Å². The van der Waals surface area contributed by atoms with Crippen molar-refractivity contribution in [2.75, 3.05) is 26.9 Å². The van der Waals surface area contributed by atoms with Crippen LogP contribution in [0.2, 0.25) is 0 Å². The van der Waals surface area contributed by atoms with E-state index in [1.54, 1.807) is 7.11 Å². The molecule has 1 fully saturated rings. The first-order valence-corrected chi connectivity index (χ1v) is 5.41. The molecule has 14 heavy (non-hydrogen) atoms. The average Bonchev–Trinajstić information content (AvgIpc) is 2.19. The van der Waals surface area contributed by atoms with Gasteiger partial charge in [-0.15, -0.1) is 0 Å². The maximum absolute atomic E-state index is 5.96. The van der Waals surface area contributed by atoms with Gasteiger partial charge >= 0.3 is 0 Å². The molecular formula is C11H23NO2. The number of methoxy groups -OCH3 is 1. The van der Waals surface area contributed by atoms with E-state index in [0.29, 0.717) is 13.2 Å². The van der Waals surface area contributed by atoms with Gasteiger partial charge in [-0.05, 0) is 19.3 Å². The summed E-state index contributed by atoms with van der Waals surface area (Å²) in [5.41, 5.74) is 5.63. The number of hydrogen-bond acceptors (Lipinski definition) is 3. The predicted molar refractivity (Wildman–Crippen MR) is 57.2 cm³/mol. The van der Waals surface area contributed by atoms with Crippen LogP contribution in [0.3, 0.4) is 0 Å². The molecule has 2 N–H and O–H groups in total. The summed E-state index contributed by atoms with van der Waals surface area (Å²) in [5, 5.41) is 0. The Bertz CT molecular complexity index is 169. The third kappa shape index (κ3) is 2.10. The van der Waals surface area contributed by atoms with E-state index in [1.807, 2.05) is 0 Å². The van der Waals surface area contributed by atoms with Gasteiger partial charge in [0.2, 0.25) is 0 Å². The fourth-order valence-electron chi connectivity index (χ4n) is 2.11. The quantitative estimate of drug-likeness (QED) is 0.750. The van der Waals surface area contributed by atoms with Gasteiger partial charge in [0.05, 0.1) is 12.2 Å². The highest BCUT2D eigenvalue weighted by molar-refractivity contribution is 4.97. The molecule has 0 aromatic carbocycles. The van der Waals surface area contributed by atoms with Crippen molar-refractivity contribution in [2.24, 2.45) is 11.1 Å². The lowest BCUT2D eigenvalue weighted by atomic mass is 9.71. The zero-order chi connectivity index (χ0) is 10.7. The Morgan fingerprint density at radius 2 is 2.14 bits per heavy atom. The molecule has 1 atom stereocenters. The first kappa shape index (κ1) is 12.0. The number of rotatable bonds is 4. The van der Waals surface area contributed by atoms with Gasteiger partial charge in [0.1, 0.15) is 0 Å². The molecule has 3 nitrogen and oxygen atoms in total. The van der Waals surface area contributed by atoms with Gasteiger partial charge in [-0.3, -0.25) is 0 Å². The molecular weight excluding hydrogens is 178 g/mol. The summed E-state index contributed by atoms with van der Waals surface area (Å²) < 4.78 is 11.2. The molecule has 1 saturated heterocycles. The molecule has 1 unspecified atom stereocenters. The second-order valence-corrected chi connectivity index (χ2v) is 4.82. The summed E-state index contributed by atoms with van der Waals surface area (Å²) in [7, 11) is 1.73. The maximum Gasteiger partial charge on any atom is 0.0977 e. The molecule has 0 radical (unpaired) electrons. The van der Waals surface area contributed by atoms with Crippen molar-refractivity contribution in [3.8, 4) is 0 Å². The molecule has 1 rings (SSSR count). The highest BCUT2D eigenvalue weighted by atomic mass is 16.5. The van der Waals surface area contributed by atoms with Crippen LogP contribution in [-0.4, -0.2) is 32.5 Å². The average molecular weight is 201 g/mol. The van der Waals surface area contributed by atoms with E-state index >= 15 is 0 Å². The first-order chi connectivity index (χ1) is 6.58. The lowest BCUT2D eigenvalue weighted by Crippen LogP contribution is -2.55. The topological polar surface area (TPSA) is 44.5 Å². The zero-order valence-electron chi connectivity index (χ0n) is 9.64. The van der Waals surface area contributed by atoms with Crippen molar-refractivity contribution >= 4 is 0 Å². The molecule has 0 aliphatic carbocycles. The monoisotopic (exact) mass is 201 g/mol. The minimum absolute atomic E-state index is 0.0105. The molecule has 0 aromatic rings. The van der Waals surface area contributed by atoms with Crippen molar-refractivity contribution in [2.45, 2.75) is 38.7 Å². The van der Waals surface area contributed by atoms with Gasteiger partial charge < -0.3 is 15.2 Å². The molecule has 0 bridgehead atoms. The highest BCUT2D eigenvalue weighted by Gasteiger charge is 2.46. The standard InChI is InChI=1S/C11H23NO2/c1-10(2,8-12)11(9-13-3)6-4-5-7-14-11/h4-9,12H2,1-3H3. The molecule has 1 aliphatic rings. The van der Waals surface area contributed by atoms with E-state index in [4.69, 9.17) is 15.2 Å². The summed E-state index contributed by atoms with van der Waals surface area (Å²) in [4.78, 5) is 0. The van der Waals surface area contributed by atoms with Crippen molar-refractivity contribution in [1.29, 1.82) is 0 Å². The van der Waals surface area contributed by atoms with Crippen LogP contribution in [0.25, 0.3) is 0 Å². The first-order valence-electron chi connectivity index (χ1n) is 5.41. The summed E-state index contributed by atoms with van der Waals surface area (Å²) in [5.74, 6) is 0. The number of hydrogen-bond donors (Lipinski definition) is 1. The van der Waals surface area contributed by atoms with Gasteiger partial charge in [0.15, 0.2) is 0 Å². The Labute approximate surface area is 86.9 Å². The van der Waals surface area contributed by atoms with Gasteiger partial charge in [-0.1, -0.05) is 13.8 Å². The Kier molecular flexibility index (Phi) is 3.93. The van der Waals surface area contributed by atoms with Crippen LogP contribution >= 0.6 is 0 Å². The Balaban J connectivity index is 2.78. The smallest absolute Gasteiger partial charge is 0.0977 e. The summed E-state index contributed by atoms with van der Waals surface area (Å²) in [6.45, 7) is 6.45. The molecule has 1 aliphatic heterocycles. The van der Waals surface area contributed by atoms with Crippen molar-refractivity contribution in [3.05, 3.63) is 0 Å². The third-order valence-electron chi connectivity index (χ3n) is 3.47. The maximum atomic E-state index is 5.96. The van der Waals surface area contributed by atoms with E-state index < -0.39 is 0 Å². The Morgan fingerprint density at radius 3 is 2.57 bits per heavy atom. The van der Waals surface area contributed by atoms with E-state index in [0.717, 1.165) is 19.4 Å². The normalized spacial score (nSPS) is 29.1. The molecule has 0 spiro atoms. The van der Waals surface area contributed by atoms with Crippen LogP contribution in [0.1, 0.15) is 33.1 Å². The summed E-state index contributed by atoms with van der Waals surface area (Å²) in [6.07, 6.45) is 3.43. The van der Waals surface area contributed by atoms with Crippen molar-refractivity contribution < 1.29 is 9.47 Å². The van der Waals surface area contributed by atoms with E-state index in [2.05, 4.69) is 13.8 Å². The minimum Gasteiger partial charge on any atom is -0.382 e. The van der Waals surface area contributed by atoms with Crippen LogP contribution in [0, 0.1) is 5.41 Å². The minimum atomic E-state index is -0.172. The van der Waals surface area contributed by atoms with Crippen LogP contribution in [-0.2, 0) is 9.47 Å². The molecule has 0 amide bonds. The molecule has 1 heterocycles. The fraction of sp³-hybridized carbons (Fsp3) is 1.00. The summed E-state index contributed by atoms with van der Waals surface area (Å²) in [6, 6.07) is 0. The number of ether oxygens (including phenoxy) is 2. The second kappa shape index (κ2) is 4.60. The lowest BCUT2D eigenvalue weighted by molar-refractivity contribution is -0.175. The fourth-order valence-corrected chi connectivity index (χ4v) is 2.11. The van der Waals surface area contributed by atoms with Crippen molar-refractivity contribution in [1.82, 2.24) is 0 Å². The molecule has 3 heteroatoms. The molecule has 0 aromatic heterocycles. The van der Waals surface area contributed by atoms with Crippen molar-refractivity contribution in [3.63, 3.8) is 0 Å². The largest absolute Gasteiger partial charge is 0.382 e. The Morgan fingerprint density at radius 1 is 1.43 bits per heavy atom. The van der Waals surface area contributed by atoms with Gasteiger partial charge in [0, 0.05) is 25.7 Å². The van der Waals surface area contributed by atoms with Crippen LogP contribution in [0.15, 0.2) is 0 Å². The van der Waals surface area contributed by atoms with Crippen LogP contribution < -0.4 is 5.73 Å². The second-order valence-electron chi connectivity index (χ2n) is 4.82. The highest BCUT2D eigenvalue weighted by Crippen LogP contribution is 2.40. The zero-order valence-corrected chi connectivity index (χ0v) is 9.64. The summed E-state index contributed by atoms with van der Waals surface area (Å²) >= 11 is 0. The van der Waals surface area contributed by atoms with Gasteiger partial charge in [-0.25, -0.2) is 0 Å². The van der Waals surface area contributed by atoms with Crippen LogP contribution in [0.4, 0.5) is 0 Å². The third-order valence-corrected chi connectivity index (χ3v) is 3.47.